The van der Waals surface area contributed by atoms with Crippen LogP contribution in [0.15, 0.2) is 42.5 Å². The molecule has 2 aromatic rings. The number of carbonyl (C=O) groups is 1. The summed E-state index contributed by atoms with van der Waals surface area (Å²) in [5.41, 5.74) is 3.21. The second-order valence-electron chi connectivity index (χ2n) is 6.84. The molecule has 0 aromatic heterocycles. The molecule has 1 N–H and O–H groups in total. The van der Waals surface area contributed by atoms with E-state index in [1.54, 1.807) is 0 Å². The lowest BCUT2D eigenvalue weighted by molar-refractivity contribution is -0.117. The summed E-state index contributed by atoms with van der Waals surface area (Å²) < 4.78 is 10.7. The molecule has 0 unspecified atom stereocenters. The third-order valence-electron chi connectivity index (χ3n) is 4.68. The molecule has 5 heteroatoms. The highest BCUT2D eigenvalue weighted by Crippen LogP contribution is 2.32. The van der Waals surface area contributed by atoms with E-state index in [0.717, 1.165) is 29.2 Å². The number of hydrogen-bond donors (Lipinski definition) is 1. The number of amides is 1. The lowest BCUT2D eigenvalue weighted by Gasteiger charge is -2.17. The largest absolute Gasteiger partial charge is 0.454 e. The van der Waals surface area contributed by atoms with E-state index in [4.69, 9.17) is 9.47 Å². The third-order valence-corrected chi connectivity index (χ3v) is 4.68. The topological polar surface area (TPSA) is 50.8 Å². The van der Waals surface area contributed by atoms with Crippen molar-refractivity contribution in [3.8, 4) is 11.5 Å². The fourth-order valence-corrected chi connectivity index (χ4v) is 2.98. The number of likely N-dealkylation sites (N-methyl/N-ethyl adjacent to an activating group) is 1. The minimum absolute atomic E-state index is 0.0236. The van der Waals surface area contributed by atoms with E-state index in [-0.39, 0.29) is 12.7 Å². The summed E-state index contributed by atoms with van der Waals surface area (Å²) in [6, 6.07) is 14.0. The van der Waals surface area contributed by atoms with Gasteiger partial charge in [0.05, 0.1) is 6.54 Å². The van der Waals surface area contributed by atoms with Crippen LogP contribution in [0.2, 0.25) is 0 Å². The van der Waals surface area contributed by atoms with Crippen LogP contribution in [0, 0.1) is 0 Å². The molecule has 0 spiro atoms. The Hall–Kier alpha value is -2.53. The van der Waals surface area contributed by atoms with Gasteiger partial charge < -0.3 is 14.8 Å². The molecular weight excluding hydrogens is 328 g/mol. The van der Waals surface area contributed by atoms with Crippen LogP contribution in [0.5, 0.6) is 11.5 Å². The van der Waals surface area contributed by atoms with E-state index in [9.17, 15) is 4.79 Å². The lowest BCUT2D eigenvalue weighted by Crippen LogP contribution is -2.29. The fraction of sp³-hybridized carbons (Fsp3) is 0.381. The first kappa shape index (κ1) is 18.3. The fourth-order valence-electron chi connectivity index (χ4n) is 2.98. The predicted octanol–water partition coefficient (Wildman–Crippen LogP) is 4.00. The third kappa shape index (κ3) is 4.55. The van der Waals surface area contributed by atoms with E-state index in [2.05, 4.69) is 31.3 Å². The van der Waals surface area contributed by atoms with Gasteiger partial charge in [-0.15, -0.1) is 0 Å². The van der Waals surface area contributed by atoms with Crippen molar-refractivity contribution in [1.82, 2.24) is 4.90 Å². The van der Waals surface area contributed by atoms with Gasteiger partial charge in [-0.3, -0.25) is 9.69 Å². The molecule has 1 aliphatic rings. The molecule has 1 atom stereocenters. The summed E-state index contributed by atoms with van der Waals surface area (Å²) in [7, 11) is 1.93. The first-order chi connectivity index (χ1) is 12.5. The number of carbonyl (C=O) groups excluding carboxylic acids is 1. The number of fused-ring (bicyclic) bond motifs is 1. The van der Waals surface area contributed by atoms with Crippen LogP contribution in [0.4, 0.5) is 5.69 Å². The molecule has 0 aliphatic carbocycles. The van der Waals surface area contributed by atoms with Crippen molar-refractivity contribution in [3.63, 3.8) is 0 Å². The van der Waals surface area contributed by atoms with Crippen molar-refractivity contribution in [1.29, 1.82) is 0 Å². The zero-order chi connectivity index (χ0) is 18.5. The van der Waals surface area contributed by atoms with Gasteiger partial charge in [0.25, 0.3) is 0 Å². The van der Waals surface area contributed by atoms with Crippen LogP contribution in [0.1, 0.15) is 37.3 Å². The normalized spacial score (nSPS) is 13.7. The Morgan fingerprint density at radius 2 is 1.88 bits per heavy atom. The number of benzene rings is 2. The van der Waals surface area contributed by atoms with Crippen LogP contribution < -0.4 is 14.8 Å². The van der Waals surface area contributed by atoms with Crippen molar-refractivity contribution in [2.75, 3.05) is 25.7 Å². The summed E-state index contributed by atoms with van der Waals surface area (Å²) in [5, 5.41) is 2.96. The Morgan fingerprint density at radius 1 is 1.15 bits per heavy atom. The van der Waals surface area contributed by atoms with E-state index in [0.29, 0.717) is 19.0 Å². The summed E-state index contributed by atoms with van der Waals surface area (Å²) in [6.07, 6.45) is 1.11. The maximum atomic E-state index is 12.3. The second-order valence-corrected chi connectivity index (χ2v) is 6.84. The summed E-state index contributed by atoms with van der Waals surface area (Å²) in [6.45, 7) is 5.64. The second kappa shape index (κ2) is 8.23. The summed E-state index contributed by atoms with van der Waals surface area (Å²) in [5.74, 6) is 2.05. The van der Waals surface area contributed by atoms with Gasteiger partial charge in [0.15, 0.2) is 11.5 Å². The van der Waals surface area contributed by atoms with Gasteiger partial charge in [0, 0.05) is 12.2 Å². The smallest absolute Gasteiger partial charge is 0.238 e. The Labute approximate surface area is 154 Å². The van der Waals surface area contributed by atoms with Crippen LogP contribution in [-0.4, -0.2) is 31.2 Å². The molecule has 0 saturated carbocycles. The average Bonchev–Trinajstić information content (AvgIpc) is 3.09. The molecule has 0 fully saturated rings. The van der Waals surface area contributed by atoms with E-state index in [1.165, 1.54) is 5.56 Å². The monoisotopic (exact) mass is 354 g/mol. The van der Waals surface area contributed by atoms with Crippen LogP contribution in [-0.2, 0) is 11.3 Å². The van der Waals surface area contributed by atoms with Crippen molar-refractivity contribution in [2.45, 2.75) is 32.7 Å². The maximum Gasteiger partial charge on any atom is 0.238 e. The Bertz CT molecular complexity index is 758. The zero-order valence-electron chi connectivity index (χ0n) is 15.6. The van der Waals surface area contributed by atoms with Gasteiger partial charge in [-0.05, 0) is 54.8 Å². The van der Waals surface area contributed by atoms with Gasteiger partial charge >= 0.3 is 0 Å². The van der Waals surface area contributed by atoms with Crippen molar-refractivity contribution in [2.24, 2.45) is 0 Å². The molecule has 1 amide bonds. The molecule has 138 valence electrons. The molecule has 0 radical (unpaired) electrons. The molecule has 26 heavy (non-hydrogen) atoms. The maximum absolute atomic E-state index is 12.3. The highest BCUT2D eigenvalue weighted by molar-refractivity contribution is 5.92. The highest BCUT2D eigenvalue weighted by atomic mass is 16.7. The Morgan fingerprint density at radius 3 is 2.62 bits per heavy atom. The standard InChI is InChI=1S/C21H26N2O3/c1-4-15(2)17-6-8-18(9-7-17)22-21(24)13-23(3)12-16-5-10-19-20(11-16)26-14-25-19/h5-11,15H,4,12-14H2,1-3H3,(H,22,24)/t15-/m0/s1. The minimum Gasteiger partial charge on any atom is -0.454 e. The zero-order valence-corrected chi connectivity index (χ0v) is 15.6. The number of nitrogens with one attached hydrogen (secondary N) is 1. The minimum atomic E-state index is -0.0236. The number of ether oxygens (including phenoxy) is 2. The van der Waals surface area contributed by atoms with E-state index in [1.807, 2.05) is 42.3 Å². The van der Waals surface area contributed by atoms with Crippen LogP contribution in [0.3, 0.4) is 0 Å². The van der Waals surface area contributed by atoms with Gasteiger partial charge in [-0.25, -0.2) is 0 Å². The molecule has 3 rings (SSSR count). The van der Waals surface area contributed by atoms with Crippen LogP contribution >= 0.6 is 0 Å². The van der Waals surface area contributed by atoms with Gasteiger partial charge in [0.1, 0.15) is 0 Å². The van der Waals surface area contributed by atoms with Crippen molar-refractivity contribution < 1.29 is 14.3 Å². The first-order valence-electron chi connectivity index (χ1n) is 9.02. The van der Waals surface area contributed by atoms with E-state index < -0.39 is 0 Å². The molecule has 1 heterocycles. The number of rotatable bonds is 7. The van der Waals surface area contributed by atoms with Gasteiger partial charge in [-0.2, -0.15) is 0 Å². The van der Waals surface area contributed by atoms with E-state index >= 15 is 0 Å². The van der Waals surface area contributed by atoms with Crippen molar-refractivity contribution in [3.05, 3.63) is 53.6 Å². The predicted molar refractivity (Wildman–Crippen MR) is 103 cm³/mol. The summed E-state index contributed by atoms with van der Waals surface area (Å²) in [4.78, 5) is 14.3. The average molecular weight is 354 g/mol. The molecular formula is C21H26N2O3. The van der Waals surface area contributed by atoms with Crippen LogP contribution in [0.25, 0.3) is 0 Å². The molecule has 0 saturated heterocycles. The summed E-state index contributed by atoms with van der Waals surface area (Å²) >= 11 is 0. The molecule has 2 aromatic carbocycles. The lowest BCUT2D eigenvalue weighted by atomic mass is 9.99. The highest BCUT2D eigenvalue weighted by Gasteiger charge is 2.14. The first-order valence-corrected chi connectivity index (χ1v) is 9.02. The SMILES string of the molecule is CC[C@H](C)c1ccc(NC(=O)CN(C)Cc2ccc3c(c2)OCO3)cc1. The van der Waals surface area contributed by atoms with Gasteiger partial charge in [-0.1, -0.05) is 32.0 Å². The number of anilines is 1. The van der Waals surface area contributed by atoms with Crippen molar-refractivity contribution >= 4 is 11.6 Å². The molecule has 5 nitrogen and oxygen atoms in total. The quantitative estimate of drug-likeness (QED) is 0.816. The Balaban J connectivity index is 1.51. The molecule has 0 bridgehead atoms. The molecule has 1 aliphatic heterocycles. The number of hydrogen-bond acceptors (Lipinski definition) is 4. The number of nitrogens with zero attached hydrogens (tertiary/aromatic N) is 1. The van der Waals surface area contributed by atoms with Gasteiger partial charge in [0.2, 0.25) is 12.7 Å². The Kier molecular flexibility index (Phi) is 5.78.